The maximum atomic E-state index is 16.0. The lowest BCUT2D eigenvalue weighted by Gasteiger charge is -2.74. The van der Waals surface area contributed by atoms with Crippen LogP contribution < -0.4 is 0 Å². The van der Waals surface area contributed by atoms with E-state index in [-0.39, 0.29) is 52.1 Å². The monoisotopic (exact) mass is 941 g/mol. The number of carboxylic acids is 1. The number of para-hydroxylation sites is 2. The zero-order valence-electron chi connectivity index (χ0n) is 43.9. The standard InChI is InChI=1S/C60H84N4O5/c1-38(2)40-25-30-59(52(66)64-33-17-22-45(64)50-61-43-20-15-16-21-44(43)63(50)35-34-62(10)11)32-31-57(8)41(49(40)59)23-24-48-56(7)28-26-47(54(3,4)46(56)27-29-58(48,57)9)60(53(67)68)36-42(55(60,5)6)51(65)69-37-39-18-13-12-14-19-39/h12-16,18-21,40-42,45-49H,1,17,22-37H2,2-11H3,(H,67,68)/t40?,41-,42+,45+,46-,47+,48-,49-,56-,57-,58-,59+,60-/m1/s1. The van der Waals surface area contributed by atoms with Crippen molar-refractivity contribution in [2.24, 2.45) is 79.3 Å². The van der Waals surface area contributed by atoms with E-state index >= 15 is 4.79 Å². The molecule has 10 rings (SSSR count). The molecule has 2 aromatic carbocycles. The van der Waals surface area contributed by atoms with Gasteiger partial charge in [0.1, 0.15) is 12.4 Å². The average molecular weight is 941 g/mol. The molecule has 1 saturated heterocycles. The van der Waals surface area contributed by atoms with E-state index < -0.39 is 28.1 Å². The van der Waals surface area contributed by atoms with Crippen molar-refractivity contribution in [3.63, 3.8) is 0 Å². The van der Waals surface area contributed by atoms with Crippen LogP contribution in [0.3, 0.4) is 0 Å². The summed E-state index contributed by atoms with van der Waals surface area (Å²) < 4.78 is 8.30. The van der Waals surface area contributed by atoms with E-state index in [0.29, 0.717) is 36.0 Å². The topological polar surface area (TPSA) is 105 Å². The van der Waals surface area contributed by atoms with E-state index in [0.717, 1.165) is 119 Å². The van der Waals surface area contributed by atoms with E-state index in [1.54, 1.807) is 0 Å². The quantitative estimate of drug-likeness (QED) is 0.151. The van der Waals surface area contributed by atoms with Gasteiger partial charge in [0, 0.05) is 19.6 Å². The Kier molecular flexibility index (Phi) is 11.8. The van der Waals surface area contributed by atoms with E-state index in [1.165, 1.54) is 5.57 Å². The lowest BCUT2D eigenvalue weighted by molar-refractivity contribution is -0.269. The Balaban J connectivity index is 0.921. The minimum atomic E-state index is -1.01. The number of imidazole rings is 1. The molecule has 3 aromatic rings. The van der Waals surface area contributed by atoms with Crippen LogP contribution in [-0.4, -0.2) is 69.5 Å². The number of aromatic nitrogens is 2. The van der Waals surface area contributed by atoms with Crippen molar-refractivity contribution in [1.29, 1.82) is 0 Å². The van der Waals surface area contributed by atoms with Gasteiger partial charge >= 0.3 is 11.9 Å². The van der Waals surface area contributed by atoms with E-state index in [9.17, 15) is 14.7 Å². The number of amides is 1. The van der Waals surface area contributed by atoms with Crippen LogP contribution in [0, 0.1) is 79.3 Å². The second-order valence-corrected chi connectivity index (χ2v) is 26.2. The molecule has 9 heteroatoms. The highest BCUT2D eigenvalue weighted by Crippen LogP contribution is 2.80. The first-order valence-corrected chi connectivity index (χ1v) is 27.1. The number of likely N-dealkylation sites (tertiary alicyclic amines) is 1. The summed E-state index contributed by atoms with van der Waals surface area (Å²) in [5.41, 5.74) is 2.17. The van der Waals surface area contributed by atoms with E-state index in [2.05, 4.69) is 101 Å². The highest BCUT2D eigenvalue weighted by atomic mass is 16.5. The molecule has 2 heterocycles. The molecular formula is C60H84N4O5. The molecule has 69 heavy (non-hydrogen) atoms. The first-order valence-electron chi connectivity index (χ1n) is 27.1. The third kappa shape index (κ3) is 6.82. The van der Waals surface area contributed by atoms with Crippen LogP contribution in [0.15, 0.2) is 66.7 Å². The number of nitrogens with zero attached hydrogens (tertiary/aromatic N) is 4. The van der Waals surface area contributed by atoms with Crippen LogP contribution in [0.5, 0.6) is 0 Å². The molecule has 1 unspecified atom stereocenters. The molecule has 1 amide bonds. The van der Waals surface area contributed by atoms with Gasteiger partial charge in [-0.15, -0.1) is 0 Å². The van der Waals surface area contributed by atoms with Gasteiger partial charge in [-0.2, -0.15) is 0 Å². The van der Waals surface area contributed by atoms with Gasteiger partial charge in [0.2, 0.25) is 5.91 Å². The van der Waals surface area contributed by atoms with Gasteiger partial charge in [0.05, 0.1) is 33.8 Å². The molecule has 1 aliphatic heterocycles. The molecule has 0 radical (unpaired) electrons. The van der Waals surface area contributed by atoms with Gasteiger partial charge < -0.3 is 24.2 Å². The van der Waals surface area contributed by atoms with Crippen LogP contribution in [-0.2, 0) is 32.3 Å². The van der Waals surface area contributed by atoms with Gasteiger partial charge in [0.25, 0.3) is 0 Å². The summed E-state index contributed by atoms with van der Waals surface area (Å²) in [7, 11) is 4.25. The smallest absolute Gasteiger partial charge is 0.310 e. The van der Waals surface area contributed by atoms with Crippen LogP contribution in [0.4, 0.5) is 0 Å². The number of carbonyl (C=O) groups excluding carboxylic acids is 2. The minimum absolute atomic E-state index is 0.0219. The van der Waals surface area contributed by atoms with Gasteiger partial charge in [0.15, 0.2) is 0 Å². The number of hydrogen-bond donors (Lipinski definition) is 1. The number of fused-ring (bicyclic) bond motifs is 8. The normalized spacial score (nSPS) is 39.7. The Bertz CT molecular complexity index is 2510. The number of benzene rings is 2. The second kappa shape index (κ2) is 16.8. The van der Waals surface area contributed by atoms with Crippen molar-refractivity contribution >= 4 is 28.9 Å². The fourth-order valence-corrected chi connectivity index (χ4v) is 19.2. The molecule has 1 aromatic heterocycles. The predicted octanol–water partition coefficient (Wildman–Crippen LogP) is 12.4. The van der Waals surface area contributed by atoms with Gasteiger partial charge in [-0.1, -0.05) is 103 Å². The Labute approximate surface area is 413 Å². The Hall–Kier alpha value is -3.98. The summed E-state index contributed by atoms with van der Waals surface area (Å²) in [6, 6.07) is 18.2. The van der Waals surface area contributed by atoms with E-state index in [1.807, 2.05) is 44.2 Å². The van der Waals surface area contributed by atoms with Gasteiger partial charge in [-0.05, 0) is 185 Å². The number of carboxylic acid groups (broad SMARTS) is 1. The summed E-state index contributed by atoms with van der Waals surface area (Å²) in [5.74, 6) is 1.83. The number of rotatable bonds is 11. The molecule has 1 N–H and O–H groups in total. The van der Waals surface area contributed by atoms with Gasteiger partial charge in [-0.25, -0.2) is 4.98 Å². The first kappa shape index (κ1) is 48.6. The molecule has 6 aliphatic carbocycles. The number of aliphatic carboxylic acids is 1. The van der Waals surface area contributed by atoms with Crippen LogP contribution in [0.2, 0.25) is 0 Å². The van der Waals surface area contributed by atoms with Gasteiger partial charge in [-0.3, -0.25) is 14.4 Å². The highest BCUT2D eigenvalue weighted by Gasteiger charge is 2.77. The first-order chi connectivity index (χ1) is 32.6. The Morgan fingerprint density at radius 2 is 1.52 bits per heavy atom. The molecule has 13 atom stereocenters. The highest BCUT2D eigenvalue weighted by molar-refractivity contribution is 5.86. The average Bonchev–Trinajstić information content (AvgIpc) is 4.04. The molecular weight excluding hydrogens is 857 g/mol. The number of carbonyl (C=O) groups is 3. The zero-order chi connectivity index (χ0) is 49.3. The second-order valence-electron chi connectivity index (χ2n) is 26.2. The number of ether oxygens (including phenoxy) is 1. The maximum Gasteiger partial charge on any atom is 0.310 e. The minimum Gasteiger partial charge on any atom is -0.481 e. The van der Waals surface area contributed by atoms with Crippen molar-refractivity contribution in [2.75, 3.05) is 27.2 Å². The fourth-order valence-electron chi connectivity index (χ4n) is 19.2. The number of likely N-dealkylation sites (N-methyl/N-ethyl adjacent to an activating group) is 1. The molecule has 0 bridgehead atoms. The SMILES string of the molecule is C=C(C)C1CC[C@]2(C(=O)N3CCC[C@H]3c3nc4ccccc4n3CCN(C)C)CC[C@]3(C)[C@H](CC[C@@H]4[C@]5(C)CC[C@H]([C@@]6(C(=O)O)C[C@@H](C(=O)OCc7ccccc7)C6(C)C)C(C)(C)[C@H]5CC[C@]43C)[C@@H]12. The van der Waals surface area contributed by atoms with Crippen molar-refractivity contribution in [3.05, 3.63) is 78.1 Å². The summed E-state index contributed by atoms with van der Waals surface area (Å²) in [4.78, 5) is 53.5. The summed E-state index contributed by atoms with van der Waals surface area (Å²) >= 11 is 0. The lowest BCUT2D eigenvalue weighted by Crippen LogP contribution is -2.71. The van der Waals surface area contributed by atoms with Crippen LogP contribution in [0.25, 0.3) is 11.0 Å². The van der Waals surface area contributed by atoms with Crippen molar-refractivity contribution in [2.45, 2.75) is 158 Å². The van der Waals surface area contributed by atoms with Crippen molar-refractivity contribution in [3.8, 4) is 0 Å². The number of allylic oxidation sites excluding steroid dienone is 1. The molecule has 9 nitrogen and oxygen atoms in total. The summed E-state index contributed by atoms with van der Waals surface area (Å²) in [6.45, 7) is 26.5. The molecule has 7 aliphatic rings. The maximum absolute atomic E-state index is 16.0. The fraction of sp³-hybridized carbons (Fsp3) is 0.700. The molecule has 374 valence electrons. The lowest BCUT2D eigenvalue weighted by atomic mass is 9.29. The third-order valence-corrected chi connectivity index (χ3v) is 22.8. The largest absolute Gasteiger partial charge is 0.481 e. The van der Waals surface area contributed by atoms with Crippen molar-refractivity contribution < 1.29 is 24.2 Å². The number of hydrogen-bond acceptors (Lipinski definition) is 6. The number of esters is 1. The van der Waals surface area contributed by atoms with Crippen LogP contribution >= 0.6 is 0 Å². The zero-order valence-corrected chi connectivity index (χ0v) is 43.9. The van der Waals surface area contributed by atoms with Crippen molar-refractivity contribution in [1.82, 2.24) is 19.4 Å². The van der Waals surface area contributed by atoms with E-state index in [4.69, 9.17) is 9.72 Å². The molecule has 7 fully saturated rings. The predicted molar refractivity (Wildman–Crippen MR) is 273 cm³/mol. The summed E-state index contributed by atoms with van der Waals surface area (Å²) in [6.07, 6.45) is 12.6. The summed E-state index contributed by atoms with van der Waals surface area (Å²) in [5, 5.41) is 11.4. The molecule has 6 saturated carbocycles. The molecule has 0 spiro atoms. The Morgan fingerprint density at radius 1 is 0.812 bits per heavy atom. The Morgan fingerprint density at radius 3 is 2.22 bits per heavy atom. The van der Waals surface area contributed by atoms with Crippen LogP contribution in [0.1, 0.15) is 156 Å². The third-order valence-electron chi connectivity index (χ3n) is 22.8.